The minimum absolute atomic E-state index is 0. The number of nitrogens with one attached hydrogen (secondary N) is 1. The molecule has 4 N–H and O–H groups in total. The average Bonchev–Trinajstić information content (AvgIpc) is 3.21. The molecule has 0 fully saturated rings. The van der Waals surface area contributed by atoms with E-state index < -0.39 is 5.91 Å². The molecule has 0 radical (unpaired) electrons. The lowest BCUT2D eigenvalue weighted by atomic mass is 10.1. The number of nitroso groups, excluding NO2 is 1. The first-order valence-corrected chi connectivity index (χ1v) is 9.44. The Morgan fingerprint density at radius 1 is 1.19 bits per heavy atom. The fraction of sp³-hybridized carbons (Fsp3) is 0.238. The first-order chi connectivity index (χ1) is 14.9. The Hall–Kier alpha value is -3.96. The Bertz CT molecular complexity index is 1060. The lowest BCUT2D eigenvalue weighted by molar-refractivity contribution is 0.0943. The number of ether oxygens (including phenoxy) is 1. The third kappa shape index (κ3) is 6.03. The second kappa shape index (κ2) is 10.9. The monoisotopic (exact) mass is 443 g/mol. The number of hydrogen-bond acceptors (Lipinski definition) is 10. The highest BCUT2D eigenvalue weighted by molar-refractivity contribution is 5.93. The molecule has 0 aliphatic carbocycles. The normalized spacial score (nSPS) is 10.5. The van der Waals surface area contributed by atoms with Crippen molar-refractivity contribution in [2.75, 3.05) is 27.2 Å². The zero-order valence-electron chi connectivity index (χ0n) is 17.5. The van der Waals surface area contributed by atoms with Crippen LogP contribution in [0.2, 0.25) is 0 Å². The highest BCUT2D eigenvalue weighted by Crippen LogP contribution is 2.43. The van der Waals surface area contributed by atoms with Gasteiger partial charge in [0.1, 0.15) is 34.2 Å². The van der Waals surface area contributed by atoms with Crippen LogP contribution in [0.4, 0.5) is 5.69 Å². The van der Waals surface area contributed by atoms with Gasteiger partial charge in [-0.25, -0.2) is 0 Å². The predicted molar refractivity (Wildman–Crippen MR) is 115 cm³/mol. The first kappa shape index (κ1) is 24.3. The van der Waals surface area contributed by atoms with Gasteiger partial charge in [-0.05, 0) is 56.5 Å². The number of carbonyl (C=O) groups is 1. The number of phenols is 2. The molecule has 0 saturated heterocycles. The molecule has 0 unspecified atom stereocenters. The molecule has 2 aromatic carbocycles. The molecule has 0 atom stereocenters. The Labute approximate surface area is 183 Å². The van der Waals surface area contributed by atoms with E-state index in [2.05, 4.69) is 15.7 Å². The van der Waals surface area contributed by atoms with Crippen LogP contribution >= 0.6 is 0 Å². The topological polar surface area (TPSA) is 167 Å². The number of hydrogen-bond donors (Lipinski definition) is 3. The molecule has 1 aromatic heterocycles. The number of amides is 1. The van der Waals surface area contributed by atoms with Crippen LogP contribution in [0.3, 0.4) is 0 Å². The lowest BCUT2D eigenvalue weighted by Gasteiger charge is -2.11. The molecular formula is C21H23N4O7-. The fourth-order valence-corrected chi connectivity index (χ4v) is 2.80. The average molecular weight is 443 g/mol. The molecule has 1 amide bonds. The molecule has 32 heavy (non-hydrogen) atoms. The Balaban J connectivity index is 0.00000363. The summed E-state index contributed by atoms with van der Waals surface area (Å²) in [5.74, 6) is -0.491. The van der Waals surface area contributed by atoms with Gasteiger partial charge in [-0.3, -0.25) is 4.79 Å². The van der Waals surface area contributed by atoms with E-state index in [9.17, 15) is 19.9 Å². The van der Waals surface area contributed by atoms with Gasteiger partial charge in [-0.2, -0.15) is 0 Å². The van der Waals surface area contributed by atoms with Crippen molar-refractivity contribution in [3.05, 3.63) is 53.1 Å². The third-order valence-electron chi connectivity index (χ3n) is 4.29. The Kier molecular flexibility index (Phi) is 8.27. The predicted octanol–water partition coefficient (Wildman–Crippen LogP) is 3.45. The summed E-state index contributed by atoms with van der Waals surface area (Å²) in [7, 11) is 3.89. The minimum Gasteiger partial charge on any atom is -0.870 e. The Morgan fingerprint density at radius 2 is 1.91 bits per heavy atom. The summed E-state index contributed by atoms with van der Waals surface area (Å²) in [4.78, 5) is 24.9. The molecule has 170 valence electrons. The second-order valence-corrected chi connectivity index (χ2v) is 7.01. The van der Waals surface area contributed by atoms with Crippen molar-refractivity contribution >= 4 is 11.6 Å². The molecule has 11 nitrogen and oxygen atoms in total. The molecule has 0 bridgehead atoms. The zero-order valence-corrected chi connectivity index (χ0v) is 17.5. The van der Waals surface area contributed by atoms with E-state index in [0.717, 1.165) is 19.0 Å². The number of benzene rings is 2. The van der Waals surface area contributed by atoms with Gasteiger partial charge in [0.25, 0.3) is 5.91 Å². The maximum atomic E-state index is 12.3. The van der Waals surface area contributed by atoms with Crippen molar-refractivity contribution in [3.63, 3.8) is 0 Å². The summed E-state index contributed by atoms with van der Waals surface area (Å²) in [5.41, 5.74) is 0.372. The van der Waals surface area contributed by atoms with Gasteiger partial charge >= 0.3 is 0 Å². The van der Waals surface area contributed by atoms with Crippen molar-refractivity contribution in [2.45, 2.75) is 6.42 Å². The molecule has 0 spiro atoms. The molecule has 3 aromatic rings. The summed E-state index contributed by atoms with van der Waals surface area (Å²) in [6.07, 6.45) is 0.776. The van der Waals surface area contributed by atoms with Crippen LogP contribution in [0.5, 0.6) is 23.0 Å². The number of nitrogens with zero attached hydrogens (tertiary/aromatic N) is 3. The molecule has 1 heterocycles. The van der Waals surface area contributed by atoms with Crippen LogP contribution in [0.25, 0.3) is 11.3 Å². The van der Waals surface area contributed by atoms with Crippen molar-refractivity contribution in [2.24, 2.45) is 5.18 Å². The third-order valence-corrected chi connectivity index (χ3v) is 4.29. The number of rotatable bonds is 9. The Morgan fingerprint density at radius 3 is 2.56 bits per heavy atom. The smallest absolute Gasteiger partial charge is 0.273 e. The standard InChI is InChI=1S/C21H22N4O6.H2O/c1-25(2)9-3-8-22-21(28)16-12-19(31-24-16)20-17(27)10-14(26)11-18(20)30-15-6-4-13(23-29)5-7-15;/h4-7,10-12,26-27H,3,8-9H2,1-2H3,(H,22,28);1H2/p-1. The number of phenolic OH excluding ortho intramolecular Hbond substituents is 2. The molecule has 11 heteroatoms. The quantitative estimate of drug-likeness (QED) is 0.331. The van der Waals surface area contributed by atoms with Crippen molar-refractivity contribution in [1.82, 2.24) is 15.4 Å². The molecule has 0 saturated carbocycles. The van der Waals surface area contributed by atoms with E-state index in [-0.39, 0.29) is 45.4 Å². The molecule has 0 aliphatic rings. The highest BCUT2D eigenvalue weighted by Gasteiger charge is 2.21. The zero-order chi connectivity index (χ0) is 22.4. The van der Waals surface area contributed by atoms with Crippen LogP contribution < -0.4 is 10.1 Å². The maximum Gasteiger partial charge on any atom is 0.273 e. The molecule has 3 rings (SSSR count). The van der Waals surface area contributed by atoms with E-state index >= 15 is 0 Å². The van der Waals surface area contributed by atoms with E-state index in [1.165, 1.54) is 36.4 Å². The highest BCUT2D eigenvalue weighted by atomic mass is 16.5. The van der Waals surface area contributed by atoms with Crippen LogP contribution in [-0.2, 0) is 0 Å². The van der Waals surface area contributed by atoms with Gasteiger partial charge in [0.05, 0.1) is 0 Å². The van der Waals surface area contributed by atoms with Crippen molar-refractivity contribution in [1.29, 1.82) is 0 Å². The molecule has 0 aliphatic heterocycles. The van der Waals surface area contributed by atoms with Crippen molar-refractivity contribution < 1.29 is 29.7 Å². The van der Waals surface area contributed by atoms with E-state index in [1.54, 1.807) is 0 Å². The summed E-state index contributed by atoms with van der Waals surface area (Å²) >= 11 is 0. The van der Waals surface area contributed by atoms with Gasteiger partial charge in [0.15, 0.2) is 11.5 Å². The summed E-state index contributed by atoms with van der Waals surface area (Å²) < 4.78 is 11.0. The van der Waals surface area contributed by atoms with Crippen LogP contribution in [0.15, 0.2) is 52.2 Å². The van der Waals surface area contributed by atoms with Crippen LogP contribution in [-0.4, -0.2) is 58.8 Å². The van der Waals surface area contributed by atoms with Crippen LogP contribution in [0, 0.1) is 4.91 Å². The number of carbonyl (C=O) groups excluding carboxylic acids is 1. The van der Waals surface area contributed by atoms with E-state index in [1.807, 2.05) is 19.0 Å². The lowest BCUT2D eigenvalue weighted by Crippen LogP contribution is -2.27. The van der Waals surface area contributed by atoms with Gasteiger partial charge in [-0.1, -0.05) is 5.16 Å². The van der Waals surface area contributed by atoms with Gasteiger partial charge < -0.3 is 35.2 Å². The largest absolute Gasteiger partial charge is 0.870 e. The van der Waals surface area contributed by atoms with Crippen LogP contribution in [0.1, 0.15) is 16.9 Å². The first-order valence-electron chi connectivity index (χ1n) is 9.44. The fourth-order valence-electron chi connectivity index (χ4n) is 2.80. The van der Waals surface area contributed by atoms with Crippen molar-refractivity contribution in [3.8, 4) is 34.3 Å². The van der Waals surface area contributed by atoms with Gasteiger partial charge in [-0.15, -0.1) is 4.91 Å². The maximum absolute atomic E-state index is 12.3. The second-order valence-electron chi connectivity index (χ2n) is 7.01. The number of aromatic nitrogens is 1. The number of aromatic hydroxyl groups is 2. The SMILES string of the molecule is CN(C)CCCNC(=O)c1cc(-c2c(O)cc(O)cc2Oc2ccc(N=O)cc2)on1.[OH-]. The van der Waals surface area contributed by atoms with Gasteiger partial charge in [0.2, 0.25) is 0 Å². The minimum atomic E-state index is -0.411. The van der Waals surface area contributed by atoms with E-state index in [4.69, 9.17) is 9.26 Å². The molecular weight excluding hydrogens is 420 g/mol. The summed E-state index contributed by atoms with van der Waals surface area (Å²) in [6, 6.07) is 9.70. The summed E-state index contributed by atoms with van der Waals surface area (Å²) in [5, 5.41) is 29.6. The van der Waals surface area contributed by atoms with E-state index in [0.29, 0.717) is 12.3 Å². The van der Waals surface area contributed by atoms with Gasteiger partial charge in [0, 0.05) is 24.7 Å². The summed E-state index contributed by atoms with van der Waals surface area (Å²) in [6.45, 7) is 1.31.